The molecule has 0 aliphatic heterocycles. The van der Waals surface area contributed by atoms with Crippen LogP contribution in [0.2, 0.25) is 0 Å². The van der Waals surface area contributed by atoms with E-state index in [0.717, 1.165) is 17.0 Å². The monoisotopic (exact) mass is 278 g/mol. The predicted octanol–water partition coefficient (Wildman–Crippen LogP) is 4.55. The third-order valence-corrected chi connectivity index (χ3v) is 2.78. The highest BCUT2D eigenvalue weighted by Crippen LogP contribution is 2.18. The first kappa shape index (κ1) is 14.6. The summed E-state index contributed by atoms with van der Waals surface area (Å²) in [5, 5.41) is 7.18. The number of benzene rings is 1. The van der Waals surface area contributed by atoms with Crippen LogP contribution in [0.25, 0.3) is 17.3 Å². The van der Waals surface area contributed by atoms with Gasteiger partial charge in [-0.15, -0.1) is 0 Å². The van der Waals surface area contributed by atoms with Crippen LogP contribution in [-0.2, 0) is 0 Å². The largest absolute Gasteiger partial charge is 0.362 e. The minimum absolute atomic E-state index is 0.691. The number of hydrogen-bond acceptors (Lipinski definition) is 3. The Morgan fingerprint density at radius 1 is 1.29 bits per heavy atom. The van der Waals surface area contributed by atoms with E-state index in [9.17, 15) is 0 Å². The maximum absolute atomic E-state index is 5.28. The molecule has 0 bridgehead atoms. The Bertz CT molecular complexity index is 664. The van der Waals surface area contributed by atoms with Gasteiger partial charge in [-0.3, -0.25) is 0 Å². The van der Waals surface area contributed by atoms with Crippen molar-refractivity contribution < 1.29 is 4.52 Å². The highest BCUT2D eigenvalue weighted by molar-refractivity contribution is 5.61. The Morgan fingerprint density at radius 2 is 2.10 bits per heavy atom. The van der Waals surface area contributed by atoms with Crippen molar-refractivity contribution in [2.75, 3.05) is 0 Å². The fourth-order valence-electron chi connectivity index (χ4n) is 1.71. The Morgan fingerprint density at radius 3 is 2.81 bits per heavy atom. The molecule has 1 aromatic carbocycles. The van der Waals surface area contributed by atoms with Gasteiger partial charge in [0.1, 0.15) is 5.69 Å². The quantitative estimate of drug-likeness (QED) is 0.788. The second kappa shape index (κ2) is 7.70. The number of hydrogen-bond donors (Lipinski definition) is 1. The molecule has 0 saturated carbocycles. The van der Waals surface area contributed by atoms with Crippen molar-refractivity contribution >= 4 is 6.08 Å². The minimum atomic E-state index is 0.691. The summed E-state index contributed by atoms with van der Waals surface area (Å²) in [6.07, 6.45) is 11.2. The topological polar surface area (TPSA) is 38.1 Å². The maximum atomic E-state index is 5.28. The normalized spacial score (nSPS) is 12.1. The van der Waals surface area contributed by atoms with Gasteiger partial charge in [-0.2, -0.15) is 0 Å². The number of rotatable bonds is 6. The summed E-state index contributed by atoms with van der Waals surface area (Å²) in [5.74, 6) is 0.691. The SMILES string of the molecule is C=C/C(=C\C=C/C)N/C=C/c1cc(-c2ccccc2)no1. The lowest BCUT2D eigenvalue weighted by molar-refractivity contribution is 0.415. The standard InChI is InChI=1S/C18H18N2O/c1-3-5-11-16(4-2)19-13-12-17-14-18(20-21-17)15-9-7-6-8-10-15/h3-14,19H,2H2,1H3/b5-3-,13-12+,16-11+. The van der Waals surface area contributed by atoms with E-state index in [2.05, 4.69) is 17.1 Å². The lowest BCUT2D eigenvalue weighted by Gasteiger charge is -1.98. The molecule has 0 amide bonds. The van der Waals surface area contributed by atoms with Gasteiger partial charge in [0, 0.05) is 23.5 Å². The summed E-state index contributed by atoms with van der Waals surface area (Å²) in [4.78, 5) is 0. The number of nitrogens with one attached hydrogen (secondary N) is 1. The van der Waals surface area contributed by atoms with Crippen LogP contribution in [0.5, 0.6) is 0 Å². The molecule has 0 radical (unpaired) electrons. The molecule has 1 aromatic heterocycles. The summed E-state index contributed by atoms with van der Waals surface area (Å²) in [5.41, 5.74) is 2.77. The van der Waals surface area contributed by atoms with Crippen LogP contribution in [-0.4, -0.2) is 5.16 Å². The van der Waals surface area contributed by atoms with Gasteiger partial charge in [0.2, 0.25) is 0 Å². The second-order valence-electron chi connectivity index (χ2n) is 4.31. The molecule has 0 aliphatic rings. The molecular formula is C18H18N2O. The van der Waals surface area contributed by atoms with Crippen molar-refractivity contribution in [2.45, 2.75) is 6.92 Å². The molecule has 0 unspecified atom stereocenters. The van der Waals surface area contributed by atoms with E-state index in [1.165, 1.54) is 0 Å². The van der Waals surface area contributed by atoms with Crippen molar-refractivity contribution in [1.82, 2.24) is 10.5 Å². The van der Waals surface area contributed by atoms with E-state index in [0.29, 0.717) is 5.76 Å². The van der Waals surface area contributed by atoms with E-state index >= 15 is 0 Å². The zero-order valence-corrected chi connectivity index (χ0v) is 12.0. The van der Waals surface area contributed by atoms with Gasteiger partial charge >= 0.3 is 0 Å². The summed E-state index contributed by atoms with van der Waals surface area (Å²) >= 11 is 0. The van der Waals surface area contributed by atoms with Crippen LogP contribution in [0, 0.1) is 0 Å². The Balaban J connectivity index is 2.02. The van der Waals surface area contributed by atoms with Crippen LogP contribution < -0.4 is 5.32 Å². The molecule has 3 nitrogen and oxygen atoms in total. The molecule has 2 rings (SSSR count). The van der Waals surface area contributed by atoms with E-state index in [1.54, 1.807) is 12.3 Å². The molecule has 1 N–H and O–H groups in total. The molecule has 106 valence electrons. The van der Waals surface area contributed by atoms with Gasteiger partial charge in [-0.25, -0.2) is 0 Å². The zero-order chi connectivity index (χ0) is 14.9. The highest BCUT2D eigenvalue weighted by atomic mass is 16.5. The van der Waals surface area contributed by atoms with Crippen molar-refractivity contribution in [2.24, 2.45) is 0 Å². The molecule has 21 heavy (non-hydrogen) atoms. The molecule has 0 fully saturated rings. The van der Waals surface area contributed by atoms with E-state index in [1.807, 2.05) is 67.6 Å². The fraction of sp³-hybridized carbons (Fsp3) is 0.0556. The molecule has 3 heteroatoms. The van der Waals surface area contributed by atoms with Crippen LogP contribution in [0.1, 0.15) is 12.7 Å². The average Bonchev–Trinajstić information content (AvgIpc) is 3.00. The Labute approximate surface area is 125 Å². The molecule has 0 spiro atoms. The van der Waals surface area contributed by atoms with E-state index < -0.39 is 0 Å². The highest BCUT2D eigenvalue weighted by Gasteiger charge is 2.03. The maximum Gasteiger partial charge on any atom is 0.161 e. The van der Waals surface area contributed by atoms with Gasteiger partial charge in [0.05, 0.1) is 0 Å². The zero-order valence-electron chi connectivity index (χ0n) is 12.0. The van der Waals surface area contributed by atoms with E-state index in [4.69, 9.17) is 4.52 Å². The third kappa shape index (κ3) is 4.35. The van der Waals surface area contributed by atoms with Crippen LogP contribution in [0.3, 0.4) is 0 Å². The van der Waals surface area contributed by atoms with Gasteiger partial charge in [0.25, 0.3) is 0 Å². The Kier molecular flexibility index (Phi) is 5.35. The van der Waals surface area contributed by atoms with Crippen molar-refractivity contribution in [3.8, 4) is 11.3 Å². The second-order valence-corrected chi connectivity index (χ2v) is 4.31. The van der Waals surface area contributed by atoms with Gasteiger partial charge in [0.15, 0.2) is 5.76 Å². The first-order valence-electron chi connectivity index (χ1n) is 6.74. The van der Waals surface area contributed by atoms with Gasteiger partial charge < -0.3 is 9.84 Å². The van der Waals surface area contributed by atoms with Crippen LogP contribution in [0.4, 0.5) is 0 Å². The molecule has 1 heterocycles. The predicted molar refractivity (Wildman–Crippen MR) is 87.2 cm³/mol. The van der Waals surface area contributed by atoms with Crippen molar-refractivity contribution in [3.63, 3.8) is 0 Å². The molecule has 0 atom stereocenters. The lowest BCUT2D eigenvalue weighted by atomic mass is 10.1. The molecule has 2 aromatic rings. The fourth-order valence-corrected chi connectivity index (χ4v) is 1.71. The molecular weight excluding hydrogens is 260 g/mol. The smallest absolute Gasteiger partial charge is 0.161 e. The van der Waals surface area contributed by atoms with Crippen LogP contribution in [0.15, 0.2) is 83.7 Å². The van der Waals surface area contributed by atoms with Crippen molar-refractivity contribution in [1.29, 1.82) is 0 Å². The minimum Gasteiger partial charge on any atom is -0.362 e. The van der Waals surface area contributed by atoms with Gasteiger partial charge in [-0.1, -0.05) is 54.2 Å². The first-order chi connectivity index (χ1) is 10.3. The average molecular weight is 278 g/mol. The summed E-state index contributed by atoms with van der Waals surface area (Å²) in [6, 6.07) is 11.8. The number of nitrogens with zero attached hydrogens (tertiary/aromatic N) is 1. The first-order valence-corrected chi connectivity index (χ1v) is 6.74. The van der Waals surface area contributed by atoms with Crippen LogP contribution >= 0.6 is 0 Å². The van der Waals surface area contributed by atoms with Crippen molar-refractivity contribution in [3.05, 3.63) is 84.9 Å². The summed E-state index contributed by atoms with van der Waals surface area (Å²) < 4.78 is 5.28. The lowest BCUT2D eigenvalue weighted by Crippen LogP contribution is -2.00. The summed E-state index contributed by atoms with van der Waals surface area (Å²) in [6.45, 7) is 5.71. The Hall–Kier alpha value is -2.81. The number of aromatic nitrogens is 1. The van der Waals surface area contributed by atoms with Gasteiger partial charge in [-0.05, 0) is 25.2 Å². The molecule has 0 aliphatic carbocycles. The number of allylic oxidation sites excluding steroid dienone is 4. The van der Waals surface area contributed by atoms with E-state index in [-0.39, 0.29) is 0 Å². The molecule has 0 saturated heterocycles. The summed E-state index contributed by atoms with van der Waals surface area (Å²) in [7, 11) is 0. The third-order valence-electron chi connectivity index (χ3n) is 2.78.